The maximum Gasteiger partial charge on any atom is 0 e. The molecule has 1 aromatic rings. The van der Waals surface area contributed by atoms with E-state index in [1.807, 2.05) is 18.4 Å². The summed E-state index contributed by atoms with van der Waals surface area (Å²) in [4.78, 5) is 4.99. The predicted octanol–water partition coefficient (Wildman–Crippen LogP) is 1.60. The van der Waals surface area contributed by atoms with Gasteiger partial charge in [0, 0.05) is 18.6 Å². The predicted molar refractivity (Wildman–Crippen MR) is 34.9 cm³/mol. The molecule has 0 unspecified atom stereocenters. The molecule has 3 heteroatoms. The van der Waals surface area contributed by atoms with Gasteiger partial charge in [-0.25, -0.2) is 0 Å². The molecule has 1 aromatic heterocycles. The van der Waals surface area contributed by atoms with E-state index in [1.165, 1.54) is 4.90 Å². The molecule has 1 heterocycles. The van der Waals surface area contributed by atoms with E-state index in [-0.39, 0.29) is 18.6 Å². The van der Waals surface area contributed by atoms with E-state index in [0.717, 1.165) is 0 Å². The number of thioether (sulfide) groups is 1. The average Bonchev–Trinajstić information content (AvgIpc) is 1.90. The molecule has 0 amide bonds. The third kappa shape index (κ3) is 2.94. The second kappa shape index (κ2) is 4.92. The van der Waals surface area contributed by atoms with E-state index in [1.54, 1.807) is 18.0 Å². The van der Waals surface area contributed by atoms with Gasteiger partial charge < -0.3 is 4.98 Å². The molecule has 47 valence electrons. The van der Waals surface area contributed by atoms with E-state index in [0.29, 0.717) is 0 Å². The van der Waals surface area contributed by atoms with Crippen molar-refractivity contribution in [2.75, 3.05) is 6.26 Å². The van der Waals surface area contributed by atoms with Crippen molar-refractivity contribution in [2.45, 2.75) is 4.90 Å². The van der Waals surface area contributed by atoms with Crippen LogP contribution in [0.4, 0.5) is 0 Å². The van der Waals surface area contributed by atoms with Gasteiger partial charge in [0.15, 0.2) is 0 Å². The molecule has 1 rings (SSSR count). The Morgan fingerprint density at radius 1 is 1.67 bits per heavy atom. The van der Waals surface area contributed by atoms with Crippen molar-refractivity contribution < 1.29 is 18.6 Å². The molecule has 0 atom stereocenters. The standard InChI is InChI=1S/C6H6NS.V/c1-8-6-3-2-4-7-5-6;/h2-3,5H,1H3;/q-1;. The number of nitrogens with zero attached hydrogens (tertiary/aromatic N) is 1. The third-order valence-electron chi connectivity index (χ3n) is 0.824. The quantitative estimate of drug-likeness (QED) is 0.475. The summed E-state index contributed by atoms with van der Waals surface area (Å²) >= 11 is 1.69. The molecule has 0 aliphatic heterocycles. The van der Waals surface area contributed by atoms with Gasteiger partial charge in [0.05, 0.1) is 0 Å². The molecule has 0 saturated carbocycles. The van der Waals surface area contributed by atoms with Crippen LogP contribution in [0, 0.1) is 6.20 Å². The number of pyridine rings is 1. The van der Waals surface area contributed by atoms with E-state index in [2.05, 4.69) is 11.2 Å². The van der Waals surface area contributed by atoms with Crippen LogP contribution in [0.1, 0.15) is 0 Å². The summed E-state index contributed by atoms with van der Waals surface area (Å²) in [6.07, 6.45) is 6.52. The zero-order valence-electron chi connectivity index (χ0n) is 5.03. The summed E-state index contributed by atoms with van der Waals surface area (Å²) in [6, 6.07) is 3.80. The van der Waals surface area contributed by atoms with Gasteiger partial charge in [0.1, 0.15) is 0 Å². The van der Waals surface area contributed by atoms with E-state index >= 15 is 0 Å². The Labute approximate surface area is 71.1 Å². The Kier molecular flexibility index (Phi) is 4.96. The number of aromatic nitrogens is 1. The summed E-state index contributed by atoms with van der Waals surface area (Å²) < 4.78 is 0. The van der Waals surface area contributed by atoms with Gasteiger partial charge >= 0.3 is 0 Å². The van der Waals surface area contributed by atoms with Crippen LogP contribution in [-0.2, 0) is 18.6 Å². The summed E-state index contributed by atoms with van der Waals surface area (Å²) in [6.45, 7) is 0. The van der Waals surface area contributed by atoms with Gasteiger partial charge in [-0.05, 0) is 6.26 Å². The van der Waals surface area contributed by atoms with E-state index in [9.17, 15) is 0 Å². The van der Waals surface area contributed by atoms with Crippen LogP contribution >= 0.6 is 11.8 Å². The monoisotopic (exact) mass is 175 g/mol. The molecule has 0 aliphatic carbocycles. The zero-order valence-corrected chi connectivity index (χ0v) is 7.25. The summed E-state index contributed by atoms with van der Waals surface area (Å²) in [5.41, 5.74) is 0. The fraction of sp³-hybridized carbons (Fsp3) is 0.167. The molecule has 0 N–H and O–H groups in total. The molecule has 0 spiro atoms. The van der Waals surface area contributed by atoms with Gasteiger partial charge in [-0.15, -0.1) is 0 Å². The Morgan fingerprint density at radius 3 is 2.78 bits per heavy atom. The van der Waals surface area contributed by atoms with Gasteiger partial charge in [-0.2, -0.15) is 23.9 Å². The minimum Gasteiger partial charge on any atom is -0.393 e. The molecular weight excluding hydrogens is 169 g/mol. The van der Waals surface area contributed by atoms with Gasteiger partial charge in [-0.3, -0.25) is 0 Å². The molecular formula is C6H6NSV-. The molecule has 1 radical (unpaired) electrons. The maximum atomic E-state index is 3.81. The second-order valence-electron chi connectivity index (χ2n) is 1.33. The first kappa shape index (κ1) is 9.08. The first-order chi connectivity index (χ1) is 3.93. The number of hydrogen-bond acceptors (Lipinski definition) is 2. The van der Waals surface area contributed by atoms with Crippen molar-refractivity contribution in [3.05, 3.63) is 24.5 Å². The van der Waals surface area contributed by atoms with Gasteiger partial charge in [0.25, 0.3) is 0 Å². The summed E-state index contributed by atoms with van der Waals surface area (Å²) in [5.74, 6) is 0. The minimum absolute atomic E-state index is 0. The Balaban J connectivity index is 0.000000640. The molecule has 9 heavy (non-hydrogen) atoms. The van der Waals surface area contributed by atoms with Crippen LogP contribution in [0.5, 0.6) is 0 Å². The largest absolute Gasteiger partial charge is 0.393 e. The fourth-order valence-corrected chi connectivity index (χ4v) is 0.789. The minimum atomic E-state index is 0. The topological polar surface area (TPSA) is 12.9 Å². The van der Waals surface area contributed by atoms with Crippen LogP contribution in [0.3, 0.4) is 0 Å². The van der Waals surface area contributed by atoms with Crippen molar-refractivity contribution in [1.29, 1.82) is 0 Å². The molecule has 1 nitrogen and oxygen atoms in total. The van der Waals surface area contributed by atoms with Crippen LogP contribution in [0.15, 0.2) is 23.2 Å². The van der Waals surface area contributed by atoms with Crippen LogP contribution in [-0.4, -0.2) is 11.2 Å². The van der Waals surface area contributed by atoms with Gasteiger partial charge in [0.2, 0.25) is 0 Å². The van der Waals surface area contributed by atoms with Crippen molar-refractivity contribution >= 4 is 11.8 Å². The fourth-order valence-electron chi connectivity index (χ4n) is 0.427. The van der Waals surface area contributed by atoms with Gasteiger partial charge in [-0.1, -0.05) is 17.3 Å². The molecule has 0 saturated heterocycles. The van der Waals surface area contributed by atoms with Crippen LogP contribution in [0.2, 0.25) is 0 Å². The SMILES string of the molecule is CSc1cc[c-]nc1.[V]. The number of hydrogen-bond donors (Lipinski definition) is 0. The summed E-state index contributed by atoms with van der Waals surface area (Å²) in [5, 5.41) is 0. The maximum absolute atomic E-state index is 3.81. The molecule has 0 bridgehead atoms. The molecule has 0 fully saturated rings. The van der Waals surface area contributed by atoms with Crippen molar-refractivity contribution in [3.63, 3.8) is 0 Å². The van der Waals surface area contributed by atoms with E-state index < -0.39 is 0 Å². The van der Waals surface area contributed by atoms with Crippen LogP contribution in [0.25, 0.3) is 0 Å². The first-order valence-electron chi connectivity index (χ1n) is 2.29. The second-order valence-corrected chi connectivity index (χ2v) is 2.21. The summed E-state index contributed by atoms with van der Waals surface area (Å²) in [7, 11) is 0. The number of rotatable bonds is 1. The van der Waals surface area contributed by atoms with Crippen molar-refractivity contribution in [1.82, 2.24) is 4.98 Å². The first-order valence-corrected chi connectivity index (χ1v) is 3.52. The Morgan fingerprint density at radius 2 is 2.44 bits per heavy atom. The zero-order chi connectivity index (χ0) is 5.82. The Hall–Kier alpha value is 0.0844. The Bertz CT molecular complexity index is 154. The third-order valence-corrected chi connectivity index (χ3v) is 1.54. The smallest absolute Gasteiger partial charge is 0 e. The van der Waals surface area contributed by atoms with E-state index in [4.69, 9.17) is 0 Å². The molecule has 0 aliphatic rings. The normalized spacial score (nSPS) is 8.11. The van der Waals surface area contributed by atoms with Crippen LogP contribution < -0.4 is 0 Å². The average molecular weight is 175 g/mol. The molecule has 0 aromatic carbocycles. The van der Waals surface area contributed by atoms with Crippen molar-refractivity contribution in [3.8, 4) is 0 Å². The van der Waals surface area contributed by atoms with Crippen molar-refractivity contribution in [2.24, 2.45) is 0 Å².